The smallest absolute Gasteiger partial charge is 0.236 e. The predicted octanol–water partition coefficient (Wildman–Crippen LogP) is 0.711. The van der Waals surface area contributed by atoms with Crippen LogP contribution in [0.1, 0.15) is 59.8 Å². The largest absolute Gasteiger partial charge is 0.396 e. The molecule has 6 nitrogen and oxygen atoms in total. The fraction of sp³-hybridized carbons (Fsp3) is 0.938. The Labute approximate surface area is 136 Å². The Morgan fingerprint density at radius 2 is 1.82 bits per heavy atom. The predicted molar refractivity (Wildman–Crippen MR) is 93.3 cm³/mol. The molecule has 134 valence electrons. The van der Waals surface area contributed by atoms with E-state index in [1.54, 1.807) is 0 Å². The van der Waals surface area contributed by atoms with Gasteiger partial charge in [-0.05, 0) is 52.0 Å². The van der Waals surface area contributed by atoms with Crippen LogP contribution >= 0.6 is 0 Å². The van der Waals surface area contributed by atoms with E-state index < -0.39 is 0 Å². The van der Waals surface area contributed by atoms with Crippen molar-refractivity contribution in [2.75, 3.05) is 19.7 Å². The standard InChI is InChI=1S/C11H25N3O.C5H13NO/c1-9(2)6-8-14-11(15)10(13)5-3-4-7-12;1-5(2,6)3-4-7/h9-10H,3-8,12-13H2,1-2H3,(H,14,15);7H,3-4,6H2,1-2H3. The number of carbonyl (C=O) groups is 1. The molecule has 0 radical (unpaired) electrons. The van der Waals surface area contributed by atoms with E-state index in [1.807, 2.05) is 13.8 Å². The van der Waals surface area contributed by atoms with Gasteiger partial charge >= 0.3 is 0 Å². The third-order valence-corrected chi connectivity index (χ3v) is 3.08. The van der Waals surface area contributed by atoms with Crippen LogP contribution in [-0.2, 0) is 4.79 Å². The molecule has 0 aromatic rings. The van der Waals surface area contributed by atoms with Crippen LogP contribution in [-0.4, -0.2) is 42.3 Å². The lowest BCUT2D eigenvalue weighted by Gasteiger charge is -2.15. The van der Waals surface area contributed by atoms with E-state index in [0.29, 0.717) is 18.9 Å². The molecule has 22 heavy (non-hydrogen) atoms. The molecule has 0 aromatic heterocycles. The van der Waals surface area contributed by atoms with Crippen LogP contribution in [0.15, 0.2) is 0 Å². The molecule has 0 spiro atoms. The number of hydrogen-bond donors (Lipinski definition) is 5. The first-order chi connectivity index (χ1) is 10.1. The maximum absolute atomic E-state index is 11.5. The van der Waals surface area contributed by atoms with Gasteiger partial charge in [0.25, 0.3) is 0 Å². The SMILES string of the molecule is CC(C)(N)CCO.CC(C)CCNC(=O)C(N)CCCCN. The zero-order valence-corrected chi connectivity index (χ0v) is 14.9. The van der Waals surface area contributed by atoms with Crippen LogP contribution in [0.5, 0.6) is 0 Å². The maximum Gasteiger partial charge on any atom is 0.236 e. The third kappa shape index (κ3) is 19.3. The quantitative estimate of drug-likeness (QED) is 0.379. The summed E-state index contributed by atoms with van der Waals surface area (Å²) in [6, 6.07) is -0.372. The van der Waals surface area contributed by atoms with Gasteiger partial charge in [0.15, 0.2) is 0 Å². The molecule has 0 heterocycles. The number of amides is 1. The fourth-order valence-electron chi connectivity index (χ4n) is 1.54. The molecule has 0 saturated carbocycles. The van der Waals surface area contributed by atoms with Crippen molar-refractivity contribution in [3.05, 3.63) is 0 Å². The number of unbranched alkanes of at least 4 members (excludes halogenated alkanes) is 1. The highest BCUT2D eigenvalue weighted by Crippen LogP contribution is 2.00. The molecule has 0 aromatic carbocycles. The summed E-state index contributed by atoms with van der Waals surface area (Å²) < 4.78 is 0. The van der Waals surface area contributed by atoms with Crippen molar-refractivity contribution in [1.82, 2.24) is 5.32 Å². The summed E-state index contributed by atoms with van der Waals surface area (Å²) in [6.07, 6.45) is 4.27. The van der Waals surface area contributed by atoms with Gasteiger partial charge in [-0.3, -0.25) is 4.79 Å². The number of nitrogens with two attached hydrogens (primary N) is 3. The van der Waals surface area contributed by atoms with E-state index in [4.69, 9.17) is 22.3 Å². The van der Waals surface area contributed by atoms with E-state index in [1.165, 1.54) is 0 Å². The summed E-state index contributed by atoms with van der Waals surface area (Å²) in [5.41, 5.74) is 16.4. The van der Waals surface area contributed by atoms with Gasteiger partial charge in [-0.2, -0.15) is 0 Å². The van der Waals surface area contributed by atoms with Crippen molar-refractivity contribution in [2.45, 2.75) is 71.4 Å². The highest BCUT2D eigenvalue weighted by atomic mass is 16.3. The first-order valence-corrected chi connectivity index (χ1v) is 8.27. The minimum atomic E-state index is -0.372. The molecular weight excluding hydrogens is 280 g/mol. The average Bonchev–Trinajstić information content (AvgIpc) is 2.37. The summed E-state index contributed by atoms with van der Waals surface area (Å²) in [4.78, 5) is 11.5. The maximum atomic E-state index is 11.5. The lowest BCUT2D eigenvalue weighted by Crippen LogP contribution is -2.41. The first-order valence-electron chi connectivity index (χ1n) is 8.27. The van der Waals surface area contributed by atoms with Crippen LogP contribution in [0, 0.1) is 5.92 Å². The zero-order valence-electron chi connectivity index (χ0n) is 14.9. The molecule has 0 aliphatic rings. The minimum Gasteiger partial charge on any atom is -0.396 e. The third-order valence-electron chi connectivity index (χ3n) is 3.08. The van der Waals surface area contributed by atoms with E-state index in [0.717, 1.165) is 32.2 Å². The summed E-state index contributed by atoms with van der Waals surface area (Å²) in [5.74, 6) is 0.575. The van der Waals surface area contributed by atoms with Gasteiger partial charge in [0.05, 0.1) is 6.04 Å². The Morgan fingerprint density at radius 1 is 1.23 bits per heavy atom. The van der Waals surface area contributed by atoms with Crippen molar-refractivity contribution >= 4 is 5.91 Å². The van der Waals surface area contributed by atoms with Crippen LogP contribution in [0.4, 0.5) is 0 Å². The number of rotatable bonds is 10. The number of nitrogens with one attached hydrogen (secondary N) is 1. The number of aliphatic hydroxyl groups excluding tert-OH is 1. The van der Waals surface area contributed by atoms with Crippen molar-refractivity contribution in [2.24, 2.45) is 23.1 Å². The topological polar surface area (TPSA) is 127 Å². The van der Waals surface area contributed by atoms with Crippen LogP contribution in [0.25, 0.3) is 0 Å². The number of carbonyl (C=O) groups excluding carboxylic acids is 1. The second-order valence-electron chi connectivity index (χ2n) is 6.83. The molecule has 0 aliphatic heterocycles. The Bertz CT molecular complexity index is 265. The van der Waals surface area contributed by atoms with Gasteiger partial charge in [0, 0.05) is 18.7 Å². The Hall–Kier alpha value is -0.690. The molecule has 0 fully saturated rings. The van der Waals surface area contributed by atoms with Gasteiger partial charge < -0.3 is 27.6 Å². The van der Waals surface area contributed by atoms with Crippen molar-refractivity contribution in [3.63, 3.8) is 0 Å². The van der Waals surface area contributed by atoms with Gasteiger partial charge in [-0.15, -0.1) is 0 Å². The zero-order chi connectivity index (χ0) is 17.6. The number of aliphatic hydroxyl groups is 1. The summed E-state index contributed by atoms with van der Waals surface area (Å²) in [7, 11) is 0. The Morgan fingerprint density at radius 3 is 2.18 bits per heavy atom. The van der Waals surface area contributed by atoms with E-state index in [9.17, 15) is 4.79 Å². The van der Waals surface area contributed by atoms with Crippen molar-refractivity contribution in [1.29, 1.82) is 0 Å². The fourth-order valence-corrected chi connectivity index (χ4v) is 1.54. The highest BCUT2D eigenvalue weighted by Gasteiger charge is 2.11. The van der Waals surface area contributed by atoms with E-state index in [-0.39, 0.29) is 24.1 Å². The monoisotopic (exact) mass is 318 g/mol. The summed E-state index contributed by atoms with van der Waals surface area (Å²) >= 11 is 0. The molecule has 1 atom stereocenters. The normalized spacial score (nSPS) is 12.6. The van der Waals surface area contributed by atoms with Gasteiger partial charge in [0.1, 0.15) is 0 Å². The van der Waals surface area contributed by atoms with Crippen molar-refractivity contribution < 1.29 is 9.90 Å². The Balaban J connectivity index is 0. The second-order valence-corrected chi connectivity index (χ2v) is 6.83. The molecule has 0 saturated heterocycles. The van der Waals surface area contributed by atoms with Crippen LogP contribution in [0.2, 0.25) is 0 Å². The van der Waals surface area contributed by atoms with Crippen LogP contribution < -0.4 is 22.5 Å². The highest BCUT2D eigenvalue weighted by molar-refractivity contribution is 5.81. The Kier molecular flexibility index (Phi) is 14.9. The van der Waals surface area contributed by atoms with Crippen molar-refractivity contribution in [3.8, 4) is 0 Å². The lowest BCUT2D eigenvalue weighted by molar-refractivity contribution is -0.122. The van der Waals surface area contributed by atoms with Gasteiger partial charge in [-0.25, -0.2) is 0 Å². The summed E-state index contributed by atoms with van der Waals surface area (Å²) in [6.45, 7) is 9.62. The van der Waals surface area contributed by atoms with E-state index >= 15 is 0 Å². The second kappa shape index (κ2) is 13.9. The van der Waals surface area contributed by atoms with E-state index in [2.05, 4.69) is 19.2 Å². The minimum absolute atomic E-state index is 0.0346. The molecule has 8 N–H and O–H groups in total. The van der Waals surface area contributed by atoms with Crippen LogP contribution in [0.3, 0.4) is 0 Å². The van der Waals surface area contributed by atoms with Gasteiger partial charge in [-0.1, -0.05) is 20.3 Å². The molecule has 0 bridgehead atoms. The molecule has 0 aliphatic carbocycles. The number of hydrogen-bond acceptors (Lipinski definition) is 5. The molecule has 1 amide bonds. The van der Waals surface area contributed by atoms with Gasteiger partial charge in [0.2, 0.25) is 5.91 Å². The summed E-state index contributed by atoms with van der Waals surface area (Å²) in [5, 5.41) is 11.2. The molecule has 0 rings (SSSR count). The molecular formula is C16H38N4O2. The lowest BCUT2D eigenvalue weighted by atomic mass is 10.0. The average molecular weight is 319 g/mol. The molecule has 1 unspecified atom stereocenters. The molecule has 6 heteroatoms. The first kappa shape index (κ1) is 23.6.